The topological polar surface area (TPSA) is 77.5 Å². The molecule has 0 aliphatic rings. The first-order chi connectivity index (χ1) is 14.7. The van der Waals surface area contributed by atoms with Crippen LogP contribution in [-0.2, 0) is 23.0 Å². The van der Waals surface area contributed by atoms with Crippen LogP contribution < -0.4 is 4.90 Å². The van der Waals surface area contributed by atoms with Gasteiger partial charge in [0, 0.05) is 23.3 Å². The van der Waals surface area contributed by atoms with Gasteiger partial charge >= 0.3 is 0 Å². The predicted molar refractivity (Wildman–Crippen MR) is 122 cm³/mol. The van der Waals surface area contributed by atoms with Crippen molar-refractivity contribution in [1.29, 1.82) is 0 Å². The highest BCUT2D eigenvalue weighted by Crippen LogP contribution is 2.25. The fraction of sp³-hybridized carbons (Fsp3) is 0.208. The molecule has 0 aromatic heterocycles. The molecule has 1 amide bonds. The molecule has 0 aliphatic carbocycles. The number of benzene rings is 3. The minimum absolute atomic E-state index is 0.150. The van der Waals surface area contributed by atoms with Crippen LogP contribution in [0.3, 0.4) is 0 Å². The number of hydrogen-bond acceptors (Lipinski definition) is 4. The van der Waals surface area contributed by atoms with Gasteiger partial charge in [0.2, 0.25) is 0 Å². The SMILES string of the molecule is Cc1ccc(S(=O)(=O)[O-])c(CCCc2ccccc2N(C)C(=O)c2ccc(Cl)cc2)c1. The molecule has 3 rings (SSSR count). The lowest BCUT2D eigenvalue weighted by Gasteiger charge is -2.21. The number of carbonyl (C=O) groups excluding carboxylic acids is 1. The number of hydrogen-bond donors (Lipinski definition) is 0. The molecule has 0 atom stereocenters. The van der Waals surface area contributed by atoms with Crippen LogP contribution in [-0.4, -0.2) is 25.9 Å². The van der Waals surface area contributed by atoms with E-state index in [1.807, 2.05) is 31.2 Å². The van der Waals surface area contributed by atoms with E-state index in [9.17, 15) is 17.8 Å². The Labute approximate surface area is 188 Å². The number of halogens is 1. The van der Waals surface area contributed by atoms with Crippen molar-refractivity contribution in [2.75, 3.05) is 11.9 Å². The van der Waals surface area contributed by atoms with Crippen molar-refractivity contribution >= 4 is 33.3 Å². The quantitative estimate of drug-likeness (QED) is 0.468. The number of anilines is 1. The summed E-state index contributed by atoms with van der Waals surface area (Å²) in [6.45, 7) is 1.86. The van der Waals surface area contributed by atoms with E-state index in [1.165, 1.54) is 6.07 Å². The predicted octanol–water partition coefficient (Wildman–Crippen LogP) is 5.00. The first kappa shape index (κ1) is 23.0. The maximum atomic E-state index is 12.9. The maximum absolute atomic E-state index is 12.9. The molecule has 0 saturated carbocycles. The fourth-order valence-electron chi connectivity index (χ4n) is 3.56. The summed E-state index contributed by atoms with van der Waals surface area (Å²) in [6, 6.07) is 19.1. The molecule has 162 valence electrons. The molecular formula is C24H23ClNO4S-. The van der Waals surface area contributed by atoms with Crippen molar-refractivity contribution in [3.8, 4) is 0 Å². The fourth-order valence-corrected chi connectivity index (χ4v) is 4.40. The molecule has 0 radical (unpaired) electrons. The summed E-state index contributed by atoms with van der Waals surface area (Å²) in [5, 5.41) is 0.565. The Morgan fingerprint density at radius 3 is 2.29 bits per heavy atom. The molecule has 7 heteroatoms. The Morgan fingerprint density at radius 2 is 1.61 bits per heavy atom. The van der Waals surface area contributed by atoms with Crippen molar-refractivity contribution in [2.45, 2.75) is 31.1 Å². The highest BCUT2D eigenvalue weighted by atomic mass is 35.5. The zero-order chi connectivity index (χ0) is 22.6. The van der Waals surface area contributed by atoms with Gasteiger partial charge in [0.25, 0.3) is 5.91 Å². The van der Waals surface area contributed by atoms with Gasteiger partial charge in [0.05, 0.1) is 4.90 Å². The van der Waals surface area contributed by atoms with Gasteiger partial charge in [-0.05, 0) is 73.7 Å². The number of para-hydroxylation sites is 1. The van der Waals surface area contributed by atoms with E-state index >= 15 is 0 Å². The van der Waals surface area contributed by atoms with Gasteiger partial charge in [-0.3, -0.25) is 4.79 Å². The van der Waals surface area contributed by atoms with Gasteiger partial charge in [-0.15, -0.1) is 0 Å². The van der Waals surface area contributed by atoms with Crippen LogP contribution in [0, 0.1) is 6.92 Å². The lowest BCUT2D eigenvalue weighted by Crippen LogP contribution is -2.27. The Balaban J connectivity index is 1.77. The second kappa shape index (κ2) is 9.64. The van der Waals surface area contributed by atoms with Crippen LogP contribution in [0.4, 0.5) is 5.69 Å². The van der Waals surface area contributed by atoms with Crippen LogP contribution in [0.5, 0.6) is 0 Å². The molecule has 0 aliphatic heterocycles. The summed E-state index contributed by atoms with van der Waals surface area (Å²) < 4.78 is 34.7. The van der Waals surface area contributed by atoms with Gasteiger partial charge in [-0.2, -0.15) is 0 Å². The highest BCUT2D eigenvalue weighted by molar-refractivity contribution is 7.85. The van der Waals surface area contributed by atoms with Crippen molar-refractivity contribution < 1.29 is 17.8 Å². The zero-order valence-electron chi connectivity index (χ0n) is 17.3. The molecule has 0 bridgehead atoms. The molecule has 0 spiro atoms. The average Bonchev–Trinajstić information content (AvgIpc) is 2.73. The lowest BCUT2D eigenvalue weighted by molar-refractivity contribution is 0.0993. The van der Waals surface area contributed by atoms with Gasteiger partial charge in [0.1, 0.15) is 10.1 Å². The minimum atomic E-state index is -4.52. The summed E-state index contributed by atoms with van der Waals surface area (Å²) >= 11 is 5.91. The van der Waals surface area contributed by atoms with Crippen LogP contribution >= 0.6 is 11.6 Å². The molecular weight excluding hydrogens is 434 g/mol. The lowest BCUT2D eigenvalue weighted by atomic mass is 10.0. The summed E-state index contributed by atoms with van der Waals surface area (Å²) in [4.78, 5) is 14.3. The van der Waals surface area contributed by atoms with Crippen molar-refractivity contribution in [2.24, 2.45) is 0 Å². The van der Waals surface area contributed by atoms with Crippen LogP contribution in [0.15, 0.2) is 71.6 Å². The molecule has 0 heterocycles. The molecule has 0 fully saturated rings. The molecule has 5 nitrogen and oxygen atoms in total. The molecule has 31 heavy (non-hydrogen) atoms. The van der Waals surface area contributed by atoms with E-state index in [1.54, 1.807) is 48.3 Å². The minimum Gasteiger partial charge on any atom is -0.744 e. The second-order valence-corrected chi connectivity index (χ2v) is 9.20. The van der Waals surface area contributed by atoms with Gasteiger partial charge in [-0.1, -0.05) is 47.5 Å². The first-order valence-corrected chi connectivity index (χ1v) is 11.6. The normalized spacial score (nSPS) is 11.4. The third kappa shape index (κ3) is 5.73. The zero-order valence-corrected chi connectivity index (χ0v) is 18.9. The van der Waals surface area contributed by atoms with E-state index in [4.69, 9.17) is 11.6 Å². The Bertz CT molecular complexity index is 1190. The monoisotopic (exact) mass is 456 g/mol. The molecule has 3 aromatic rings. The third-order valence-corrected chi connectivity index (χ3v) is 6.32. The standard InChI is InChI=1S/C24H24ClNO4S/c1-17-10-15-23(31(28,29)30)20(16-17)8-5-7-18-6-3-4-9-22(18)26(2)24(27)19-11-13-21(25)14-12-19/h3-4,6,9-16H,5,7-8H2,1-2H3,(H,28,29,30)/p-1. The molecule has 0 N–H and O–H groups in total. The highest BCUT2D eigenvalue weighted by Gasteiger charge is 2.16. The second-order valence-electron chi connectivity index (χ2n) is 7.42. The van der Waals surface area contributed by atoms with Gasteiger partial charge < -0.3 is 9.45 Å². The summed E-state index contributed by atoms with van der Waals surface area (Å²) in [5.41, 5.74) is 3.70. The van der Waals surface area contributed by atoms with Crippen LogP contribution in [0.2, 0.25) is 5.02 Å². The van der Waals surface area contributed by atoms with E-state index < -0.39 is 10.1 Å². The van der Waals surface area contributed by atoms with Gasteiger partial charge in [-0.25, -0.2) is 8.42 Å². The molecule has 0 saturated heterocycles. The van der Waals surface area contributed by atoms with E-state index in [0.29, 0.717) is 35.4 Å². The summed E-state index contributed by atoms with van der Waals surface area (Å²) in [5.74, 6) is -0.150. The van der Waals surface area contributed by atoms with Gasteiger partial charge in [0.15, 0.2) is 0 Å². The molecule has 3 aromatic carbocycles. The van der Waals surface area contributed by atoms with Crippen LogP contribution in [0.1, 0.15) is 33.5 Å². The van der Waals surface area contributed by atoms with E-state index in [2.05, 4.69) is 0 Å². The Morgan fingerprint density at radius 1 is 0.968 bits per heavy atom. The average molecular weight is 457 g/mol. The maximum Gasteiger partial charge on any atom is 0.258 e. The summed E-state index contributed by atoms with van der Waals surface area (Å²) in [7, 11) is -2.80. The first-order valence-electron chi connectivity index (χ1n) is 9.84. The Hall–Kier alpha value is -2.67. The number of amides is 1. The third-order valence-electron chi connectivity index (χ3n) is 5.13. The van der Waals surface area contributed by atoms with Crippen LogP contribution in [0.25, 0.3) is 0 Å². The van der Waals surface area contributed by atoms with Crippen molar-refractivity contribution in [3.63, 3.8) is 0 Å². The van der Waals surface area contributed by atoms with Crippen molar-refractivity contribution in [3.05, 3.63) is 94.0 Å². The smallest absolute Gasteiger partial charge is 0.258 e. The van der Waals surface area contributed by atoms with E-state index in [-0.39, 0.29) is 10.8 Å². The number of nitrogens with zero attached hydrogens (tertiary/aromatic N) is 1. The number of aryl methyl sites for hydroxylation is 3. The number of rotatable bonds is 7. The Kier molecular flexibility index (Phi) is 7.15. The number of carbonyl (C=O) groups is 1. The van der Waals surface area contributed by atoms with Crippen molar-refractivity contribution in [1.82, 2.24) is 0 Å². The molecule has 0 unspecified atom stereocenters. The largest absolute Gasteiger partial charge is 0.744 e. The summed E-state index contributed by atoms with van der Waals surface area (Å²) in [6.07, 6.45) is 1.70. The van der Waals surface area contributed by atoms with E-state index in [0.717, 1.165) is 16.8 Å².